The molecule has 0 bridgehead atoms. The Labute approximate surface area is 185 Å². The Balaban J connectivity index is 1.97. The summed E-state index contributed by atoms with van der Waals surface area (Å²) in [6, 6.07) is 16.4. The molecule has 3 aromatic rings. The van der Waals surface area contributed by atoms with Crippen molar-refractivity contribution >= 4 is 23.1 Å². The zero-order valence-corrected chi connectivity index (χ0v) is 17.9. The van der Waals surface area contributed by atoms with E-state index in [0.29, 0.717) is 22.9 Å². The average Bonchev–Trinajstić information content (AvgIpc) is 3.09. The fraction of sp³-hybridized carbons (Fsp3) is 0.160. The van der Waals surface area contributed by atoms with Gasteiger partial charge in [0.2, 0.25) is 0 Å². The highest BCUT2D eigenvalue weighted by atomic mass is 16.5. The van der Waals surface area contributed by atoms with E-state index in [0.717, 1.165) is 5.56 Å². The lowest BCUT2D eigenvalue weighted by Gasteiger charge is -2.26. The molecule has 0 radical (unpaired) electrons. The van der Waals surface area contributed by atoms with Gasteiger partial charge in [-0.1, -0.05) is 24.3 Å². The number of benzene rings is 2. The highest BCUT2D eigenvalue weighted by molar-refractivity contribution is 6.51. The number of para-hydroxylation sites is 1. The molecule has 32 heavy (non-hydrogen) atoms. The first-order valence-corrected chi connectivity index (χ1v) is 9.98. The van der Waals surface area contributed by atoms with E-state index in [2.05, 4.69) is 4.98 Å². The lowest BCUT2D eigenvalue weighted by Crippen LogP contribution is -2.30. The highest BCUT2D eigenvalue weighted by Crippen LogP contribution is 2.43. The third kappa shape index (κ3) is 3.47. The summed E-state index contributed by atoms with van der Waals surface area (Å²) in [4.78, 5) is 32.2. The first kappa shape index (κ1) is 21.1. The van der Waals surface area contributed by atoms with Crippen LogP contribution in [0, 0.1) is 6.92 Å². The Morgan fingerprint density at radius 1 is 1.00 bits per heavy atom. The molecule has 1 fully saturated rings. The zero-order valence-electron chi connectivity index (χ0n) is 17.9. The number of ether oxygens (including phenoxy) is 2. The monoisotopic (exact) mass is 430 g/mol. The summed E-state index contributed by atoms with van der Waals surface area (Å²) < 4.78 is 10.6. The number of pyridine rings is 1. The van der Waals surface area contributed by atoms with Crippen molar-refractivity contribution in [2.75, 3.05) is 19.1 Å². The number of rotatable bonds is 5. The second-order valence-electron chi connectivity index (χ2n) is 7.28. The second-order valence-corrected chi connectivity index (χ2v) is 7.28. The Hall–Kier alpha value is -4.13. The Kier molecular flexibility index (Phi) is 5.64. The number of carbonyl (C=O) groups is 2. The number of anilines is 1. The van der Waals surface area contributed by atoms with Crippen molar-refractivity contribution in [2.45, 2.75) is 13.0 Å². The summed E-state index contributed by atoms with van der Waals surface area (Å²) in [5.74, 6) is -1.03. The van der Waals surface area contributed by atoms with Gasteiger partial charge in [-0.05, 0) is 42.8 Å². The van der Waals surface area contributed by atoms with Crippen LogP contribution in [0.1, 0.15) is 22.9 Å². The van der Waals surface area contributed by atoms with Gasteiger partial charge in [-0.25, -0.2) is 0 Å². The number of ketones is 1. The second kappa shape index (κ2) is 8.55. The zero-order chi connectivity index (χ0) is 22.8. The molecule has 1 amide bonds. The first-order valence-electron chi connectivity index (χ1n) is 9.98. The summed E-state index contributed by atoms with van der Waals surface area (Å²) >= 11 is 0. The molecule has 2 heterocycles. The number of methoxy groups -OCH3 is 2. The lowest BCUT2D eigenvalue weighted by atomic mass is 9.97. The molecule has 7 nitrogen and oxygen atoms in total. The van der Waals surface area contributed by atoms with Crippen molar-refractivity contribution in [3.8, 4) is 11.5 Å². The van der Waals surface area contributed by atoms with E-state index in [-0.39, 0.29) is 16.9 Å². The molecule has 1 atom stereocenters. The molecule has 2 aromatic carbocycles. The number of carbonyl (C=O) groups excluding carboxylic acids is 2. The van der Waals surface area contributed by atoms with Crippen molar-refractivity contribution in [1.29, 1.82) is 0 Å². The number of aromatic nitrogens is 1. The number of aliphatic hydroxyl groups excluding tert-OH is 1. The fourth-order valence-electron chi connectivity index (χ4n) is 3.87. The number of Topliss-reactive ketones (excluding diaryl/α,β-unsaturated/α-hetero) is 1. The summed E-state index contributed by atoms with van der Waals surface area (Å²) in [5.41, 5.74) is 2.07. The Morgan fingerprint density at radius 2 is 1.75 bits per heavy atom. The molecule has 1 aromatic heterocycles. The van der Waals surface area contributed by atoms with Crippen molar-refractivity contribution in [3.05, 3.63) is 89.3 Å². The molecule has 0 aliphatic carbocycles. The van der Waals surface area contributed by atoms with Crippen LogP contribution in [0.2, 0.25) is 0 Å². The van der Waals surface area contributed by atoms with Gasteiger partial charge in [0.25, 0.3) is 11.7 Å². The Bertz CT molecular complexity index is 1220. The van der Waals surface area contributed by atoms with Crippen LogP contribution < -0.4 is 14.4 Å². The number of amides is 1. The molecular formula is C25H22N2O5. The maximum absolute atomic E-state index is 13.2. The lowest BCUT2D eigenvalue weighted by molar-refractivity contribution is -0.132. The number of nitrogens with zero attached hydrogens (tertiary/aromatic N) is 2. The van der Waals surface area contributed by atoms with Gasteiger partial charge in [-0.2, -0.15) is 0 Å². The van der Waals surface area contributed by atoms with Gasteiger partial charge in [0.15, 0.2) is 0 Å². The summed E-state index contributed by atoms with van der Waals surface area (Å²) in [6.45, 7) is 1.86. The number of aliphatic hydroxyl groups is 1. The van der Waals surface area contributed by atoms with E-state index in [9.17, 15) is 14.7 Å². The predicted molar refractivity (Wildman–Crippen MR) is 120 cm³/mol. The molecule has 162 valence electrons. The predicted octanol–water partition coefficient (Wildman–Crippen LogP) is 4.03. The topological polar surface area (TPSA) is 89.0 Å². The van der Waals surface area contributed by atoms with Crippen LogP contribution in [0.25, 0.3) is 5.76 Å². The minimum Gasteiger partial charge on any atom is -0.507 e. The van der Waals surface area contributed by atoms with Gasteiger partial charge in [0.1, 0.15) is 23.3 Å². The molecule has 0 saturated carbocycles. The van der Waals surface area contributed by atoms with Gasteiger partial charge in [0, 0.05) is 18.0 Å². The normalized spacial score (nSPS) is 17.5. The largest absolute Gasteiger partial charge is 0.507 e. The summed E-state index contributed by atoms with van der Waals surface area (Å²) in [5, 5.41) is 11.3. The maximum Gasteiger partial charge on any atom is 0.300 e. The molecule has 1 unspecified atom stereocenters. The number of hydrogen-bond donors (Lipinski definition) is 1. The number of aryl methyl sites for hydroxylation is 1. The maximum atomic E-state index is 13.2. The van der Waals surface area contributed by atoms with Gasteiger partial charge in [-0.3, -0.25) is 19.5 Å². The first-order chi connectivity index (χ1) is 15.5. The van der Waals surface area contributed by atoms with Crippen molar-refractivity contribution in [3.63, 3.8) is 0 Å². The molecule has 0 spiro atoms. The summed E-state index contributed by atoms with van der Waals surface area (Å²) in [6.07, 6.45) is 1.58. The molecule has 1 aliphatic heterocycles. The molecule has 1 N–H and O–H groups in total. The van der Waals surface area contributed by atoms with E-state index in [1.54, 1.807) is 54.7 Å². The summed E-state index contributed by atoms with van der Waals surface area (Å²) in [7, 11) is 2.97. The van der Waals surface area contributed by atoms with Crippen LogP contribution in [0.3, 0.4) is 0 Å². The third-order valence-electron chi connectivity index (χ3n) is 5.45. The van der Waals surface area contributed by atoms with E-state index in [1.165, 1.54) is 19.1 Å². The quantitative estimate of drug-likeness (QED) is 0.373. The van der Waals surface area contributed by atoms with Crippen molar-refractivity contribution in [2.24, 2.45) is 0 Å². The fourth-order valence-corrected chi connectivity index (χ4v) is 3.87. The van der Waals surface area contributed by atoms with Crippen LogP contribution in [0.4, 0.5) is 5.69 Å². The minimum absolute atomic E-state index is 0.0552. The van der Waals surface area contributed by atoms with E-state index < -0.39 is 17.7 Å². The molecule has 7 heteroatoms. The standard InChI is InChI=1S/C25H22N2O5/c1-15-8-4-5-10-19(15)27-22(18-9-6-7-13-26-18)21(24(29)25(27)30)23(28)17-12-11-16(31-2)14-20(17)32-3/h4-14,22,28H,1-3H3/b23-21-. The molecule has 1 aliphatic rings. The van der Waals surface area contributed by atoms with Gasteiger partial charge >= 0.3 is 0 Å². The SMILES string of the molecule is COc1ccc(/C(O)=C2/C(=O)C(=O)N(c3ccccc3C)C2c2ccccn2)c(OC)c1. The molecule has 4 rings (SSSR count). The molecular weight excluding hydrogens is 408 g/mol. The van der Waals surface area contributed by atoms with E-state index in [4.69, 9.17) is 9.47 Å². The van der Waals surface area contributed by atoms with E-state index in [1.807, 2.05) is 19.1 Å². The van der Waals surface area contributed by atoms with Crippen LogP contribution in [0.15, 0.2) is 72.4 Å². The average molecular weight is 430 g/mol. The smallest absolute Gasteiger partial charge is 0.300 e. The van der Waals surface area contributed by atoms with Crippen molar-refractivity contribution < 1.29 is 24.2 Å². The minimum atomic E-state index is -0.899. The Morgan fingerprint density at radius 3 is 2.41 bits per heavy atom. The number of hydrogen-bond acceptors (Lipinski definition) is 6. The van der Waals surface area contributed by atoms with Gasteiger partial charge in [-0.15, -0.1) is 0 Å². The van der Waals surface area contributed by atoms with Crippen LogP contribution >= 0.6 is 0 Å². The molecule has 1 saturated heterocycles. The van der Waals surface area contributed by atoms with Crippen LogP contribution in [-0.2, 0) is 9.59 Å². The van der Waals surface area contributed by atoms with Crippen LogP contribution in [-0.4, -0.2) is 36.0 Å². The third-order valence-corrected chi connectivity index (χ3v) is 5.45. The van der Waals surface area contributed by atoms with E-state index >= 15 is 0 Å². The highest BCUT2D eigenvalue weighted by Gasteiger charge is 2.48. The van der Waals surface area contributed by atoms with Gasteiger partial charge < -0.3 is 14.6 Å². The van der Waals surface area contributed by atoms with Crippen molar-refractivity contribution in [1.82, 2.24) is 4.98 Å². The van der Waals surface area contributed by atoms with Crippen LogP contribution in [0.5, 0.6) is 11.5 Å². The van der Waals surface area contributed by atoms with Gasteiger partial charge in [0.05, 0.1) is 31.1 Å².